The lowest BCUT2D eigenvalue weighted by molar-refractivity contribution is -0.142. The Morgan fingerprint density at radius 3 is 0.643 bits per heavy atom. The minimum Gasteiger partial charge on any atom is -0.480 e. The second kappa shape index (κ2) is 39.2. The van der Waals surface area contributed by atoms with Gasteiger partial charge in [0.2, 0.25) is 23.6 Å². The molecule has 0 spiro atoms. The SMILES string of the molecule is N[C@@H](CCC(=O)C[C@@H]1CSC[C@@H](C(=O)O)NC1=O)C(=O)O.N[C@@H](CCC(=O)C[C@@H]1CSC[C@H](C(=O)O)NC1=O)C(=O)O.N[C@@H](CCC(=O)C[C@H]1CSCC(C(=O)O)NC1=O)C(=O)O.N[C@@H](CCC(=O)C[C@H]1CSC[C@H](C(=O)O)NC1=O)C(=O)O. The molecule has 0 aromatic rings. The van der Waals surface area contributed by atoms with Gasteiger partial charge in [-0.05, 0) is 25.7 Å². The molecule has 20 N–H and O–H groups in total. The van der Waals surface area contributed by atoms with Crippen molar-refractivity contribution in [3.63, 3.8) is 0 Å². The molecule has 0 aliphatic carbocycles. The maximum absolute atomic E-state index is 11.9. The fourth-order valence-electron chi connectivity index (χ4n) is 7.35. The fourth-order valence-corrected chi connectivity index (χ4v) is 12.0. The number of carbonyl (C=O) groups is 16. The second-order valence-electron chi connectivity index (χ2n) is 19.4. The summed E-state index contributed by atoms with van der Waals surface area (Å²) in [6, 6.07) is -8.15. The highest BCUT2D eigenvalue weighted by Crippen LogP contribution is 2.23. The van der Waals surface area contributed by atoms with E-state index in [0.717, 1.165) is 0 Å². The van der Waals surface area contributed by atoms with Crippen LogP contribution >= 0.6 is 47.0 Å². The Hall–Kier alpha value is -6.44. The molecule has 0 aromatic heterocycles. The van der Waals surface area contributed by atoms with Gasteiger partial charge in [0.25, 0.3) is 0 Å². The number of carbonyl (C=O) groups excluding carboxylic acids is 8. The number of carboxylic acid groups (broad SMARTS) is 8. The predicted octanol–water partition coefficient (Wildman–Crippen LogP) is -3.72. The number of nitrogens with two attached hydrogens (primary N) is 4. The number of carboxylic acids is 8. The summed E-state index contributed by atoms with van der Waals surface area (Å²) >= 11 is 5.20. The molecule has 4 rings (SSSR count). The van der Waals surface area contributed by atoms with Crippen LogP contribution in [0.4, 0.5) is 0 Å². The topological polar surface area (TPSA) is 587 Å². The summed E-state index contributed by atoms with van der Waals surface area (Å²) in [4.78, 5) is 180. The number of Topliss-reactive ketones (excluding diaryl/α,β-unsaturated/α-hetero) is 4. The van der Waals surface area contributed by atoms with Gasteiger partial charge in [-0.3, -0.25) is 57.5 Å². The van der Waals surface area contributed by atoms with E-state index in [1.165, 1.54) is 47.0 Å². The zero-order chi connectivity index (χ0) is 64.0. The van der Waals surface area contributed by atoms with Crippen molar-refractivity contribution in [2.45, 2.75) is 125 Å². The Morgan fingerprint density at radius 1 is 0.333 bits per heavy atom. The molecule has 4 fully saturated rings. The number of aliphatic carboxylic acids is 8. The molecule has 0 radical (unpaired) electrons. The molecular formula is C48H72N8O24S4. The third-order valence-corrected chi connectivity index (χ3v) is 17.3. The maximum Gasteiger partial charge on any atom is 0.327 e. The maximum atomic E-state index is 11.9. The van der Waals surface area contributed by atoms with Crippen molar-refractivity contribution in [1.82, 2.24) is 21.3 Å². The minimum absolute atomic E-state index is 0.00965. The molecular weight excluding hydrogens is 1200 g/mol. The Bertz CT molecular complexity index is 2090. The third kappa shape index (κ3) is 30.4. The average Bonchev–Trinajstić information content (AvgIpc) is 4.09. The van der Waals surface area contributed by atoms with E-state index in [9.17, 15) is 76.7 Å². The van der Waals surface area contributed by atoms with Crippen LogP contribution in [-0.4, -0.2) is 230 Å². The lowest BCUT2D eigenvalue weighted by atomic mass is 9.99. The summed E-state index contributed by atoms with van der Waals surface area (Å²) < 4.78 is 0. The highest BCUT2D eigenvalue weighted by atomic mass is 32.2. The van der Waals surface area contributed by atoms with Gasteiger partial charge >= 0.3 is 47.8 Å². The summed E-state index contributed by atoms with van der Waals surface area (Å²) in [5.74, 6) is -11.8. The van der Waals surface area contributed by atoms with E-state index in [0.29, 0.717) is 23.0 Å². The summed E-state index contributed by atoms with van der Waals surface area (Å²) in [6.45, 7) is 0. The van der Waals surface area contributed by atoms with Gasteiger partial charge in [-0.25, -0.2) is 19.2 Å². The fraction of sp³-hybridized carbons (Fsp3) is 0.667. The monoisotopic (exact) mass is 1270 g/mol. The minimum atomic E-state index is -1.17. The van der Waals surface area contributed by atoms with E-state index in [4.69, 9.17) is 63.8 Å². The zero-order valence-electron chi connectivity index (χ0n) is 45.1. The zero-order valence-corrected chi connectivity index (χ0v) is 48.4. The molecule has 0 aromatic carbocycles. The summed E-state index contributed by atoms with van der Waals surface area (Å²) in [5, 5.41) is 79.5. The van der Waals surface area contributed by atoms with E-state index in [1.54, 1.807) is 0 Å². The van der Waals surface area contributed by atoms with Crippen LogP contribution in [0.5, 0.6) is 0 Å². The molecule has 12 atom stereocenters. The number of ketones is 4. The van der Waals surface area contributed by atoms with Crippen LogP contribution < -0.4 is 44.2 Å². The average molecular weight is 1270 g/mol. The smallest absolute Gasteiger partial charge is 0.327 e. The Kier molecular flexibility index (Phi) is 35.3. The van der Waals surface area contributed by atoms with Crippen LogP contribution in [0.3, 0.4) is 0 Å². The summed E-state index contributed by atoms with van der Waals surface area (Å²) in [6.07, 6.45) is -0.0747. The Labute approximate surface area is 496 Å². The molecule has 1 unspecified atom stereocenters. The van der Waals surface area contributed by atoms with Gasteiger partial charge in [-0.2, -0.15) is 47.0 Å². The van der Waals surface area contributed by atoms with Gasteiger partial charge in [0.05, 0.1) is 23.7 Å². The van der Waals surface area contributed by atoms with E-state index < -0.39 is 143 Å². The number of nitrogens with one attached hydrogen (secondary N) is 4. The predicted molar refractivity (Wildman–Crippen MR) is 299 cm³/mol. The van der Waals surface area contributed by atoms with Crippen molar-refractivity contribution in [1.29, 1.82) is 0 Å². The largest absolute Gasteiger partial charge is 0.480 e. The van der Waals surface area contributed by atoms with Crippen LogP contribution in [0.15, 0.2) is 0 Å². The first-order valence-electron chi connectivity index (χ1n) is 25.7. The third-order valence-electron chi connectivity index (χ3n) is 12.5. The van der Waals surface area contributed by atoms with Crippen molar-refractivity contribution >= 4 is 142 Å². The van der Waals surface area contributed by atoms with Gasteiger partial charge in [-0.15, -0.1) is 0 Å². The van der Waals surface area contributed by atoms with E-state index in [1.807, 2.05) is 0 Å². The molecule has 0 saturated carbocycles. The molecule has 4 heterocycles. The van der Waals surface area contributed by atoms with Gasteiger partial charge < -0.3 is 85.1 Å². The number of hydrogen-bond acceptors (Lipinski definition) is 24. The lowest BCUT2D eigenvalue weighted by Crippen LogP contribution is -2.43. The van der Waals surface area contributed by atoms with Crippen LogP contribution in [0.2, 0.25) is 0 Å². The molecule has 32 nitrogen and oxygen atoms in total. The Morgan fingerprint density at radius 2 is 0.500 bits per heavy atom. The van der Waals surface area contributed by atoms with Crippen molar-refractivity contribution in [3.8, 4) is 0 Å². The van der Waals surface area contributed by atoms with E-state index >= 15 is 0 Å². The molecule has 0 bridgehead atoms. The first-order valence-corrected chi connectivity index (χ1v) is 30.3. The van der Waals surface area contributed by atoms with Crippen molar-refractivity contribution in [3.05, 3.63) is 0 Å². The number of hydrogen-bond donors (Lipinski definition) is 16. The molecule has 84 heavy (non-hydrogen) atoms. The molecule has 472 valence electrons. The lowest BCUT2D eigenvalue weighted by Gasteiger charge is -2.13. The second-order valence-corrected chi connectivity index (χ2v) is 23.7. The van der Waals surface area contributed by atoms with Gasteiger partial charge in [0.1, 0.15) is 71.5 Å². The highest BCUT2D eigenvalue weighted by Gasteiger charge is 2.35. The van der Waals surface area contributed by atoms with Crippen LogP contribution in [0.1, 0.15) is 77.0 Å². The number of rotatable bonds is 28. The quantitative estimate of drug-likeness (QED) is 0.0358. The van der Waals surface area contributed by atoms with Gasteiger partial charge in [0, 0.05) is 97.4 Å². The van der Waals surface area contributed by atoms with Gasteiger partial charge in [0.15, 0.2) is 0 Å². The highest BCUT2D eigenvalue weighted by molar-refractivity contribution is 8.00. The molecule has 4 aliphatic heterocycles. The van der Waals surface area contributed by atoms with Crippen LogP contribution in [-0.2, 0) is 76.7 Å². The van der Waals surface area contributed by atoms with Crippen LogP contribution in [0.25, 0.3) is 0 Å². The standard InChI is InChI=1S/4C12H18N2O6S/c4*13-8(11(17)18)2-1-7(15)3-6-4-21-5-9(12(19)20)14-10(6)16/h4*6,8-9H,1-5,13H2,(H,14,16)(H,17,18)(H,19,20)/t6-,8+,9+;6-,8+,9-;6-,8-,9?;6-,8-,9+/m1100/s1. The van der Waals surface area contributed by atoms with E-state index in [2.05, 4.69) is 21.3 Å². The van der Waals surface area contributed by atoms with Gasteiger partial charge in [-0.1, -0.05) is 0 Å². The summed E-state index contributed by atoms with van der Waals surface area (Å²) in [7, 11) is 0. The number of thioether (sulfide) groups is 4. The number of amides is 4. The molecule has 4 aliphatic rings. The molecule has 4 saturated heterocycles. The van der Waals surface area contributed by atoms with E-state index in [-0.39, 0.29) is 123 Å². The first-order chi connectivity index (χ1) is 39.2. The van der Waals surface area contributed by atoms with Crippen LogP contribution in [0, 0.1) is 23.7 Å². The Balaban J connectivity index is 0.000000560. The van der Waals surface area contributed by atoms with Crippen molar-refractivity contribution in [2.24, 2.45) is 46.6 Å². The molecule has 4 amide bonds. The normalized spacial score (nSPS) is 23.8. The molecule has 36 heteroatoms. The van der Waals surface area contributed by atoms with Crippen molar-refractivity contribution < 1.29 is 118 Å². The first kappa shape index (κ1) is 75.6. The summed E-state index contributed by atoms with van der Waals surface area (Å²) in [5.41, 5.74) is 21.2. The van der Waals surface area contributed by atoms with Crippen molar-refractivity contribution in [2.75, 3.05) is 46.0 Å².